The number of nitrogens with one attached hydrogen (secondary N) is 1. The SMILES string of the molecule is CCCCCC/C=C\C/C=C\CCCCCCCC(=O)OCCCCCCCCCCCC(=O)NC(CO)C(O)/C=C/CCCCCCCCC. The minimum Gasteiger partial charge on any atom is -0.466 e. The van der Waals surface area contributed by atoms with E-state index in [4.69, 9.17) is 4.74 Å². The van der Waals surface area contributed by atoms with Gasteiger partial charge in [-0.05, 0) is 64.2 Å². The molecule has 0 saturated carbocycles. The number of carbonyl (C=O) groups is 2. The van der Waals surface area contributed by atoms with Gasteiger partial charge in [0.05, 0.1) is 25.4 Å². The van der Waals surface area contributed by atoms with Crippen LogP contribution in [0.1, 0.15) is 213 Å². The van der Waals surface area contributed by atoms with Crippen molar-refractivity contribution >= 4 is 11.9 Å². The van der Waals surface area contributed by atoms with Crippen molar-refractivity contribution in [2.75, 3.05) is 13.2 Å². The van der Waals surface area contributed by atoms with Gasteiger partial charge in [-0.1, -0.05) is 172 Å². The second-order valence-corrected chi connectivity index (χ2v) is 14.7. The predicted molar refractivity (Wildman–Crippen MR) is 218 cm³/mol. The van der Waals surface area contributed by atoms with E-state index in [0.29, 0.717) is 19.4 Å². The second-order valence-electron chi connectivity index (χ2n) is 14.7. The third-order valence-electron chi connectivity index (χ3n) is 9.66. The van der Waals surface area contributed by atoms with Gasteiger partial charge in [-0.2, -0.15) is 0 Å². The maximum Gasteiger partial charge on any atom is 0.305 e. The summed E-state index contributed by atoms with van der Waals surface area (Å²) in [5.74, 6) is -0.144. The molecular weight excluding hydrogens is 634 g/mol. The second kappa shape index (κ2) is 40.8. The van der Waals surface area contributed by atoms with Crippen LogP contribution in [0.15, 0.2) is 36.5 Å². The highest BCUT2D eigenvalue weighted by Gasteiger charge is 2.18. The molecule has 1 amide bonds. The number of allylic oxidation sites excluding steroid dienone is 5. The van der Waals surface area contributed by atoms with Crippen molar-refractivity contribution in [3.63, 3.8) is 0 Å². The molecular formula is C45H83NO5. The van der Waals surface area contributed by atoms with Gasteiger partial charge in [0, 0.05) is 12.8 Å². The molecule has 298 valence electrons. The van der Waals surface area contributed by atoms with Gasteiger partial charge < -0.3 is 20.3 Å². The summed E-state index contributed by atoms with van der Waals surface area (Å²) in [6, 6.07) is -0.647. The van der Waals surface area contributed by atoms with Crippen molar-refractivity contribution in [1.29, 1.82) is 0 Å². The van der Waals surface area contributed by atoms with E-state index in [1.807, 2.05) is 6.08 Å². The third kappa shape index (κ3) is 37.6. The Morgan fingerprint density at radius 2 is 0.980 bits per heavy atom. The van der Waals surface area contributed by atoms with Crippen molar-refractivity contribution in [2.24, 2.45) is 0 Å². The van der Waals surface area contributed by atoms with Crippen molar-refractivity contribution in [3.8, 4) is 0 Å². The lowest BCUT2D eigenvalue weighted by Crippen LogP contribution is -2.45. The first-order chi connectivity index (χ1) is 25.0. The number of carbonyl (C=O) groups excluding carboxylic acids is 2. The van der Waals surface area contributed by atoms with Crippen molar-refractivity contribution in [3.05, 3.63) is 36.5 Å². The van der Waals surface area contributed by atoms with Gasteiger partial charge in [-0.3, -0.25) is 9.59 Å². The fourth-order valence-corrected chi connectivity index (χ4v) is 6.25. The first kappa shape index (κ1) is 49.1. The molecule has 0 spiro atoms. The molecule has 0 heterocycles. The predicted octanol–water partition coefficient (Wildman–Crippen LogP) is 12.2. The molecule has 0 aromatic carbocycles. The number of hydrogen-bond acceptors (Lipinski definition) is 5. The van der Waals surface area contributed by atoms with E-state index in [9.17, 15) is 19.8 Å². The zero-order valence-corrected chi connectivity index (χ0v) is 33.6. The summed E-state index contributed by atoms with van der Waals surface area (Å²) in [5.41, 5.74) is 0. The number of unbranched alkanes of at least 4 members (excludes halogenated alkanes) is 24. The smallest absolute Gasteiger partial charge is 0.305 e. The quantitative estimate of drug-likeness (QED) is 0.0334. The normalized spacial score (nSPS) is 13.1. The molecule has 0 aliphatic heterocycles. The topological polar surface area (TPSA) is 95.9 Å². The fraction of sp³-hybridized carbons (Fsp3) is 0.822. The van der Waals surface area contributed by atoms with Crippen LogP contribution in [0.5, 0.6) is 0 Å². The summed E-state index contributed by atoms with van der Waals surface area (Å²) in [7, 11) is 0. The molecule has 0 saturated heterocycles. The summed E-state index contributed by atoms with van der Waals surface area (Å²) in [5, 5.41) is 22.8. The Morgan fingerprint density at radius 3 is 1.51 bits per heavy atom. The molecule has 2 unspecified atom stereocenters. The van der Waals surface area contributed by atoms with Gasteiger partial charge >= 0.3 is 5.97 Å². The summed E-state index contributed by atoms with van der Waals surface area (Å²) in [4.78, 5) is 24.3. The minimum absolute atomic E-state index is 0.0426. The number of rotatable bonds is 39. The maximum atomic E-state index is 12.3. The Balaban J connectivity index is 3.53. The molecule has 0 fully saturated rings. The highest BCUT2D eigenvalue weighted by atomic mass is 16.5. The highest BCUT2D eigenvalue weighted by Crippen LogP contribution is 2.13. The van der Waals surface area contributed by atoms with E-state index in [1.54, 1.807) is 6.08 Å². The highest BCUT2D eigenvalue weighted by molar-refractivity contribution is 5.76. The molecule has 6 heteroatoms. The summed E-state index contributed by atoms with van der Waals surface area (Å²) < 4.78 is 5.43. The Bertz CT molecular complexity index is 838. The van der Waals surface area contributed by atoms with Crippen molar-refractivity contribution in [2.45, 2.75) is 225 Å². The lowest BCUT2D eigenvalue weighted by molar-refractivity contribution is -0.143. The fourth-order valence-electron chi connectivity index (χ4n) is 6.25. The lowest BCUT2D eigenvalue weighted by Gasteiger charge is -2.20. The van der Waals surface area contributed by atoms with Gasteiger partial charge in [0.2, 0.25) is 5.91 Å². The van der Waals surface area contributed by atoms with Crippen LogP contribution >= 0.6 is 0 Å². The van der Waals surface area contributed by atoms with Crippen LogP contribution in [-0.4, -0.2) is 47.4 Å². The first-order valence-electron chi connectivity index (χ1n) is 21.8. The molecule has 0 aromatic heterocycles. The van der Waals surface area contributed by atoms with Crippen LogP contribution in [0.2, 0.25) is 0 Å². The molecule has 0 radical (unpaired) electrons. The molecule has 0 rings (SSSR count). The Morgan fingerprint density at radius 1 is 0.549 bits per heavy atom. The lowest BCUT2D eigenvalue weighted by atomic mass is 10.1. The van der Waals surface area contributed by atoms with Gasteiger partial charge in [-0.25, -0.2) is 0 Å². The molecule has 2 atom stereocenters. The average molecular weight is 718 g/mol. The largest absolute Gasteiger partial charge is 0.466 e. The van der Waals surface area contributed by atoms with Crippen molar-refractivity contribution in [1.82, 2.24) is 5.32 Å². The molecule has 6 nitrogen and oxygen atoms in total. The van der Waals surface area contributed by atoms with E-state index in [2.05, 4.69) is 43.5 Å². The van der Waals surface area contributed by atoms with E-state index in [-0.39, 0.29) is 18.5 Å². The van der Waals surface area contributed by atoms with Crippen LogP contribution in [-0.2, 0) is 14.3 Å². The van der Waals surface area contributed by atoms with E-state index < -0.39 is 12.1 Å². The van der Waals surface area contributed by atoms with Crippen LogP contribution < -0.4 is 5.32 Å². The van der Waals surface area contributed by atoms with Gasteiger partial charge in [0.15, 0.2) is 0 Å². The number of hydrogen-bond donors (Lipinski definition) is 3. The van der Waals surface area contributed by atoms with Crippen molar-refractivity contribution < 1.29 is 24.5 Å². The summed E-state index contributed by atoms with van der Waals surface area (Å²) >= 11 is 0. The monoisotopic (exact) mass is 718 g/mol. The van der Waals surface area contributed by atoms with E-state index >= 15 is 0 Å². The molecule has 0 aromatic rings. The molecule has 3 N–H and O–H groups in total. The summed E-state index contributed by atoms with van der Waals surface area (Å²) in [6.45, 7) is 4.76. The van der Waals surface area contributed by atoms with Gasteiger partial charge in [0.25, 0.3) is 0 Å². The maximum absolute atomic E-state index is 12.3. The standard InChI is InChI=1S/C45H83NO5/c1-3-5-7-9-11-13-14-15-16-17-18-19-23-27-31-35-39-45(50)51-40-36-32-28-24-20-22-26-30-34-38-44(49)46-42(41-47)43(48)37-33-29-25-21-12-10-8-6-4-2/h13-14,16-17,33,37,42-43,47-48H,3-12,15,18-32,34-36,38-41H2,1-2H3,(H,46,49)/b14-13-,17-16-,37-33+. The number of amides is 1. The van der Waals surface area contributed by atoms with E-state index in [1.165, 1.54) is 116 Å². The zero-order valence-electron chi connectivity index (χ0n) is 33.6. The average Bonchev–Trinajstić information content (AvgIpc) is 3.13. The Kier molecular flexibility index (Phi) is 39.3. The molecule has 0 bridgehead atoms. The van der Waals surface area contributed by atoms with Crippen LogP contribution in [0.3, 0.4) is 0 Å². The van der Waals surface area contributed by atoms with E-state index in [0.717, 1.165) is 70.6 Å². The van der Waals surface area contributed by atoms with Crippen LogP contribution in [0, 0.1) is 0 Å². The molecule has 0 aliphatic rings. The number of aliphatic hydroxyl groups is 2. The zero-order chi connectivity index (χ0) is 37.3. The Labute approximate surface area is 315 Å². The molecule has 0 aliphatic carbocycles. The first-order valence-corrected chi connectivity index (χ1v) is 21.8. The summed E-state index contributed by atoms with van der Waals surface area (Å²) in [6.07, 6.45) is 47.0. The van der Waals surface area contributed by atoms with Crippen LogP contribution in [0.4, 0.5) is 0 Å². The van der Waals surface area contributed by atoms with Gasteiger partial charge in [0.1, 0.15) is 0 Å². The number of ether oxygens (including phenoxy) is 1. The van der Waals surface area contributed by atoms with Gasteiger partial charge in [-0.15, -0.1) is 0 Å². The number of aliphatic hydroxyl groups excluding tert-OH is 2. The van der Waals surface area contributed by atoms with Crippen LogP contribution in [0.25, 0.3) is 0 Å². The molecule has 51 heavy (non-hydrogen) atoms. The number of esters is 1. The third-order valence-corrected chi connectivity index (χ3v) is 9.66. The minimum atomic E-state index is -0.860. The Hall–Kier alpha value is -1.92.